The first kappa shape index (κ1) is 17.4. The SMILES string of the molecule is CO[C@H]1CCCN(c2ccc(NC(=O)Cc3ccc(F)cc3)cc2)C1. The zero-order valence-electron chi connectivity index (χ0n) is 14.4. The molecule has 0 unspecified atom stereocenters. The van der Waals surface area contributed by atoms with Gasteiger partial charge in [0.15, 0.2) is 0 Å². The van der Waals surface area contributed by atoms with Crippen molar-refractivity contribution in [2.45, 2.75) is 25.4 Å². The van der Waals surface area contributed by atoms with Gasteiger partial charge in [-0.25, -0.2) is 4.39 Å². The van der Waals surface area contributed by atoms with E-state index in [2.05, 4.69) is 10.2 Å². The van der Waals surface area contributed by atoms with E-state index in [4.69, 9.17) is 4.74 Å². The van der Waals surface area contributed by atoms with Gasteiger partial charge in [0.2, 0.25) is 5.91 Å². The minimum Gasteiger partial charge on any atom is -0.380 e. The number of nitrogens with zero attached hydrogens (tertiary/aromatic N) is 1. The molecular weight excluding hydrogens is 319 g/mol. The lowest BCUT2D eigenvalue weighted by Crippen LogP contribution is -2.39. The van der Waals surface area contributed by atoms with Crippen molar-refractivity contribution in [2.24, 2.45) is 0 Å². The van der Waals surface area contributed by atoms with Crippen LogP contribution in [0, 0.1) is 5.82 Å². The summed E-state index contributed by atoms with van der Waals surface area (Å²) in [7, 11) is 1.76. The number of rotatable bonds is 5. The molecule has 3 rings (SSSR count). The fraction of sp³-hybridized carbons (Fsp3) is 0.350. The maximum absolute atomic E-state index is 12.9. The minimum absolute atomic E-state index is 0.114. The van der Waals surface area contributed by atoms with Crippen molar-refractivity contribution in [1.29, 1.82) is 0 Å². The van der Waals surface area contributed by atoms with Gasteiger partial charge >= 0.3 is 0 Å². The molecule has 0 saturated carbocycles. The summed E-state index contributed by atoms with van der Waals surface area (Å²) in [5.74, 6) is -0.412. The molecule has 0 radical (unpaired) electrons. The summed E-state index contributed by atoms with van der Waals surface area (Å²) in [5, 5.41) is 2.88. The molecule has 1 N–H and O–H groups in total. The highest BCUT2D eigenvalue weighted by atomic mass is 19.1. The normalized spacial score (nSPS) is 17.4. The zero-order valence-corrected chi connectivity index (χ0v) is 14.4. The highest BCUT2D eigenvalue weighted by Gasteiger charge is 2.19. The van der Waals surface area contributed by atoms with Crippen LogP contribution in [0.1, 0.15) is 18.4 Å². The van der Waals surface area contributed by atoms with Crippen LogP contribution in [0.5, 0.6) is 0 Å². The predicted octanol–water partition coefficient (Wildman–Crippen LogP) is 3.62. The van der Waals surface area contributed by atoms with E-state index >= 15 is 0 Å². The van der Waals surface area contributed by atoms with Crippen molar-refractivity contribution < 1.29 is 13.9 Å². The third-order valence-corrected chi connectivity index (χ3v) is 4.51. The van der Waals surface area contributed by atoms with Gasteiger partial charge in [-0.05, 0) is 54.8 Å². The summed E-state index contributed by atoms with van der Waals surface area (Å²) in [5.41, 5.74) is 2.68. The van der Waals surface area contributed by atoms with Crippen LogP contribution in [0.25, 0.3) is 0 Å². The lowest BCUT2D eigenvalue weighted by atomic mass is 10.1. The Morgan fingerprint density at radius 2 is 1.92 bits per heavy atom. The molecule has 0 spiro atoms. The van der Waals surface area contributed by atoms with Crippen molar-refractivity contribution in [3.8, 4) is 0 Å². The molecule has 4 nitrogen and oxygen atoms in total. The Bertz CT molecular complexity index is 701. The summed E-state index contributed by atoms with van der Waals surface area (Å²) in [6, 6.07) is 13.8. The highest BCUT2D eigenvalue weighted by Crippen LogP contribution is 2.23. The molecule has 0 bridgehead atoms. The Morgan fingerprint density at radius 3 is 2.60 bits per heavy atom. The number of carbonyl (C=O) groups excluding carboxylic acids is 1. The molecule has 1 atom stereocenters. The molecule has 1 heterocycles. The monoisotopic (exact) mass is 342 g/mol. The van der Waals surface area contributed by atoms with Gasteiger partial charge in [-0.2, -0.15) is 0 Å². The van der Waals surface area contributed by atoms with Gasteiger partial charge < -0.3 is 15.0 Å². The van der Waals surface area contributed by atoms with Crippen LogP contribution in [0.15, 0.2) is 48.5 Å². The minimum atomic E-state index is -0.298. The van der Waals surface area contributed by atoms with Crippen LogP contribution in [0.4, 0.5) is 15.8 Å². The molecular formula is C20H23FN2O2. The van der Waals surface area contributed by atoms with Crippen LogP contribution in [0.2, 0.25) is 0 Å². The summed E-state index contributed by atoms with van der Waals surface area (Å²) in [6.07, 6.45) is 2.73. The highest BCUT2D eigenvalue weighted by molar-refractivity contribution is 5.92. The summed E-state index contributed by atoms with van der Waals surface area (Å²) < 4.78 is 18.4. The maximum atomic E-state index is 12.9. The zero-order chi connectivity index (χ0) is 17.6. The van der Waals surface area contributed by atoms with E-state index in [1.165, 1.54) is 12.1 Å². The fourth-order valence-corrected chi connectivity index (χ4v) is 3.11. The van der Waals surface area contributed by atoms with Crippen molar-refractivity contribution in [3.63, 3.8) is 0 Å². The molecule has 2 aromatic carbocycles. The van der Waals surface area contributed by atoms with Crippen LogP contribution in [0.3, 0.4) is 0 Å². The topological polar surface area (TPSA) is 41.6 Å². The Labute approximate surface area is 147 Å². The van der Waals surface area contributed by atoms with Crippen molar-refractivity contribution >= 4 is 17.3 Å². The Morgan fingerprint density at radius 1 is 1.20 bits per heavy atom. The number of hydrogen-bond acceptors (Lipinski definition) is 3. The van der Waals surface area contributed by atoms with Crippen molar-refractivity contribution in [1.82, 2.24) is 0 Å². The molecule has 0 aliphatic carbocycles. The van der Waals surface area contributed by atoms with Crippen molar-refractivity contribution in [3.05, 3.63) is 59.9 Å². The lowest BCUT2D eigenvalue weighted by Gasteiger charge is -2.33. The standard InChI is InChI=1S/C20H23FN2O2/c1-25-19-3-2-12-23(14-19)18-10-8-17(9-11-18)22-20(24)13-15-4-6-16(21)7-5-15/h4-11,19H,2-3,12-14H2,1H3,(H,22,24)/t19-/m0/s1. The maximum Gasteiger partial charge on any atom is 0.228 e. The molecule has 1 amide bonds. The van der Waals surface area contributed by atoms with Gasteiger partial charge in [-0.3, -0.25) is 4.79 Å². The molecule has 1 aliphatic heterocycles. The average Bonchev–Trinajstić information content (AvgIpc) is 2.64. The van der Waals surface area contributed by atoms with E-state index in [9.17, 15) is 9.18 Å². The third-order valence-electron chi connectivity index (χ3n) is 4.51. The van der Waals surface area contributed by atoms with Crippen LogP contribution < -0.4 is 10.2 Å². The molecule has 2 aromatic rings. The quantitative estimate of drug-likeness (QED) is 0.902. The molecule has 25 heavy (non-hydrogen) atoms. The number of halogens is 1. The van der Waals surface area contributed by atoms with Crippen LogP contribution in [-0.2, 0) is 16.0 Å². The largest absolute Gasteiger partial charge is 0.380 e. The second kappa shape index (κ2) is 8.12. The first-order valence-corrected chi connectivity index (χ1v) is 8.56. The summed E-state index contributed by atoms with van der Waals surface area (Å²) in [4.78, 5) is 14.4. The predicted molar refractivity (Wildman–Crippen MR) is 97.4 cm³/mol. The van der Waals surface area contributed by atoms with E-state index in [-0.39, 0.29) is 24.2 Å². The fourth-order valence-electron chi connectivity index (χ4n) is 3.11. The van der Waals surface area contributed by atoms with Crippen LogP contribution >= 0.6 is 0 Å². The molecule has 5 heteroatoms. The van der Waals surface area contributed by atoms with Gasteiger partial charge in [0.1, 0.15) is 5.82 Å². The van der Waals surface area contributed by atoms with Gasteiger partial charge in [0, 0.05) is 31.6 Å². The molecule has 1 fully saturated rings. The smallest absolute Gasteiger partial charge is 0.228 e. The number of hydrogen-bond donors (Lipinski definition) is 1. The number of amides is 1. The number of benzene rings is 2. The van der Waals surface area contributed by atoms with E-state index in [1.54, 1.807) is 19.2 Å². The summed E-state index contributed by atoms with van der Waals surface area (Å²) >= 11 is 0. The van der Waals surface area contributed by atoms with Gasteiger partial charge in [0.25, 0.3) is 0 Å². The van der Waals surface area contributed by atoms with E-state index < -0.39 is 0 Å². The molecule has 1 saturated heterocycles. The number of ether oxygens (including phenoxy) is 1. The Balaban J connectivity index is 1.56. The number of nitrogens with one attached hydrogen (secondary N) is 1. The Kier molecular flexibility index (Phi) is 5.66. The molecule has 132 valence electrons. The lowest BCUT2D eigenvalue weighted by molar-refractivity contribution is -0.115. The van der Waals surface area contributed by atoms with E-state index in [1.807, 2.05) is 24.3 Å². The van der Waals surface area contributed by atoms with Gasteiger partial charge in [0.05, 0.1) is 12.5 Å². The second-order valence-corrected chi connectivity index (χ2v) is 6.34. The number of methoxy groups -OCH3 is 1. The molecule has 1 aliphatic rings. The second-order valence-electron chi connectivity index (χ2n) is 6.34. The first-order chi connectivity index (χ1) is 12.1. The van der Waals surface area contributed by atoms with E-state index in [0.717, 1.165) is 42.9 Å². The number of anilines is 2. The van der Waals surface area contributed by atoms with E-state index in [0.29, 0.717) is 0 Å². The number of carbonyl (C=O) groups is 1. The van der Waals surface area contributed by atoms with Crippen molar-refractivity contribution in [2.75, 3.05) is 30.4 Å². The Hall–Kier alpha value is -2.40. The third kappa shape index (κ3) is 4.79. The van der Waals surface area contributed by atoms with Crippen LogP contribution in [-0.4, -0.2) is 32.2 Å². The number of piperidine rings is 1. The first-order valence-electron chi connectivity index (χ1n) is 8.56. The average molecular weight is 342 g/mol. The summed E-state index contributed by atoms with van der Waals surface area (Å²) in [6.45, 7) is 1.92. The van der Waals surface area contributed by atoms with Gasteiger partial charge in [-0.15, -0.1) is 0 Å². The van der Waals surface area contributed by atoms with Gasteiger partial charge in [-0.1, -0.05) is 12.1 Å². The molecule has 0 aromatic heterocycles.